The molecule has 2 aliphatic rings. The first-order chi connectivity index (χ1) is 8.13. The molecule has 0 aromatic rings. The Morgan fingerprint density at radius 1 is 1.18 bits per heavy atom. The Kier molecular flexibility index (Phi) is 3.66. The lowest BCUT2D eigenvalue weighted by Crippen LogP contribution is -2.40. The minimum Gasteiger partial charge on any atom is -0.481 e. The number of hydrogen-bond acceptors (Lipinski definition) is 3. The van der Waals surface area contributed by atoms with Crippen LogP contribution in [0.15, 0.2) is 0 Å². The second kappa shape index (κ2) is 5.04. The SMILES string of the molecule is O=C(O)C1CCC(C(=O)N2CCCC2CO)C1. The first-order valence-corrected chi connectivity index (χ1v) is 6.27. The van der Waals surface area contributed by atoms with E-state index in [0.29, 0.717) is 25.8 Å². The minimum atomic E-state index is -0.791. The van der Waals surface area contributed by atoms with Crippen LogP contribution in [0.1, 0.15) is 32.1 Å². The van der Waals surface area contributed by atoms with Crippen LogP contribution in [-0.2, 0) is 9.59 Å². The van der Waals surface area contributed by atoms with Crippen molar-refractivity contribution in [2.45, 2.75) is 38.1 Å². The summed E-state index contributed by atoms with van der Waals surface area (Å²) in [4.78, 5) is 24.8. The van der Waals surface area contributed by atoms with Crippen LogP contribution in [0.3, 0.4) is 0 Å². The summed E-state index contributed by atoms with van der Waals surface area (Å²) in [5.74, 6) is -1.26. The summed E-state index contributed by atoms with van der Waals surface area (Å²) in [6.07, 6.45) is 3.53. The third-order valence-corrected chi connectivity index (χ3v) is 4.00. The number of aliphatic carboxylic acids is 1. The van der Waals surface area contributed by atoms with Gasteiger partial charge in [-0.3, -0.25) is 9.59 Å². The summed E-state index contributed by atoms with van der Waals surface area (Å²) < 4.78 is 0. The van der Waals surface area contributed by atoms with Gasteiger partial charge < -0.3 is 15.1 Å². The van der Waals surface area contributed by atoms with Crippen LogP contribution in [0.4, 0.5) is 0 Å². The number of carbonyl (C=O) groups excluding carboxylic acids is 1. The van der Waals surface area contributed by atoms with Gasteiger partial charge in [-0.25, -0.2) is 0 Å². The van der Waals surface area contributed by atoms with Crippen molar-refractivity contribution in [2.24, 2.45) is 11.8 Å². The van der Waals surface area contributed by atoms with E-state index in [1.165, 1.54) is 0 Å². The summed E-state index contributed by atoms with van der Waals surface area (Å²) in [6, 6.07) is -0.0496. The second-order valence-electron chi connectivity index (χ2n) is 5.06. The number of likely N-dealkylation sites (tertiary alicyclic amines) is 1. The van der Waals surface area contributed by atoms with E-state index in [1.807, 2.05) is 0 Å². The monoisotopic (exact) mass is 241 g/mol. The number of rotatable bonds is 3. The van der Waals surface area contributed by atoms with Crippen LogP contribution in [-0.4, -0.2) is 46.2 Å². The average Bonchev–Trinajstić information content (AvgIpc) is 2.96. The van der Waals surface area contributed by atoms with Crippen LogP contribution < -0.4 is 0 Å². The molecule has 0 aromatic heterocycles. The number of aliphatic hydroxyl groups is 1. The molecular formula is C12H19NO4. The molecule has 1 aliphatic heterocycles. The van der Waals surface area contributed by atoms with Crippen molar-refractivity contribution in [3.05, 3.63) is 0 Å². The molecule has 17 heavy (non-hydrogen) atoms. The van der Waals surface area contributed by atoms with E-state index in [4.69, 9.17) is 5.11 Å². The van der Waals surface area contributed by atoms with Crippen molar-refractivity contribution in [1.29, 1.82) is 0 Å². The predicted octanol–water partition coefficient (Wildman–Crippen LogP) is 0.471. The van der Waals surface area contributed by atoms with Crippen molar-refractivity contribution in [2.75, 3.05) is 13.2 Å². The Balaban J connectivity index is 1.95. The molecule has 96 valence electrons. The van der Waals surface area contributed by atoms with E-state index in [1.54, 1.807) is 4.90 Å². The fraction of sp³-hybridized carbons (Fsp3) is 0.833. The quantitative estimate of drug-likeness (QED) is 0.753. The number of amides is 1. The average molecular weight is 241 g/mol. The Morgan fingerprint density at radius 2 is 1.88 bits per heavy atom. The van der Waals surface area contributed by atoms with Crippen LogP contribution in [0.5, 0.6) is 0 Å². The summed E-state index contributed by atoms with van der Waals surface area (Å²) in [6.45, 7) is 0.721. The van der Waals surface area contributed by atoms with E-state index in [9.17, 15) is 14.7 Å². The molecule has 2 fully saturated rings. The topological polar surface area (TPSA) is 77.8 Å². The molecule has 0 spiro atoms. The lowest BCUT2D eigenvalue weighted by Gasteiger charge is -2.26. The highest BCUT2D eigenvalue weighted by molar-refractivity contribution is 5.81. The largest absolute Gasteiger partial charge is 0.481 e. The highest BCUT2D eigenvalue weighted by Gasteiger charge is 2.38. The molecule has 1 amide bonds. The molecule has 5 heteroatoms. The Morgan fingerprint density at radius 3 is 2.47 bits per heavy atom. The molecule has 1 aliphatic carbocycles. The zero-order chi connectivity index (χ0) is 12.4. The predicted molar refractivity (Wildman–Crippen MR) is 60.3 cm³/mol. The third kappa shape index (κ3) is 2.44. The summed E-state index contributed by atoms with van der Waals surface area (Å²) in [5, 5.41) is 18.1. The van der Waals surface area contributed by atoms with Gasteiger partial charge in [0.05, 0.1) is 18.6 Å². The van der Waals surface area contributed by atoms with Gasteiger partial charge in [0.25, 0.3) is 0 Å². The van der Waals surface area contributed by atoms with Gasteiger partial charge in [0.15, 0.2) is 0 Å². The molecular weight excluding hydrogens is 222 g/mol. The molecule has 0 aromatic carbocycles. The molecule has 0 radical (unpaired) electrons. The molecule has 2 N–H and O–H groups in total. The van der Waals surface area contributed by atoms with E-state index in [2.05, 4.69) is 0 Å². The van der Waals surface area contributed by atoms with Crippen molar-refractivity contribution in [3.63, 3.8) is 0 Å². The molecule has 1 saturated carbocycles. The van der Waals surface area contributed by atoms with Gasteiger partial charge in [-0.1, -0.05) is 0 Å². The molecule has 1 heterocycles. The Bertz CT molecular complexity index is 318. The molecule has 5 nitrogen and oxygen atoms in total. The van der Waals surface area contributed by atoms with Crippen molar-refractivity contribution >= 4 is 11.9 Å². The van der Waals surface area contributed by atoms with Crippen molar-refractivity contribution < 1.29 is 19.8 Å². The standard InChI is InChI=1S/C12H19NO4/c14-7-10-2-1-5-13(10)11(15)8-3-4-9(6-8)12(16)17/h8-10,14H,1-7H2,(H,16,17). The lowest BCUT2D eigenvalue weighted by atomic mass is 10.0. The van der Waals surface area contributed by atoms with Crippen LogP contribution in [0.25, 0.3) is 0 Å². The second-order valence-corrected chi connectivity index (χ2v) is 5.06. The lowest BCUT2D eigenvalue weighted by molar-refractivity contribution is -0.141. The number of nitrogens with zero attached hydrogens (tertiary/aromatic N) is 1. The zero-order valence-electron chi connectivity index (χ0n) is 9.84. The molecule has 3 atom stereocenters. The van der Waals surface area contributed by atoms with Crippen molar-refractivity contribution in [3.8, 4) is 0 Å². The highest BCUT2D eigenvalue weighted by atomic mass is 16.4. The van der Waals surface area contributed by atoms with Gasteiger partial charge in [0.2, 0.25) is 5.91 Å². The third-order valence-electron chi connectivity index (χ3n) is 4.00. The highest BCUT2D eigenvalue weighted by Crippen LogP contribution is 2.34. The number of carboxylic acids is 1. The van der Waals surface area contributed by atoms with E-state index >= 15 is 0 Å². The molecule has 2 rings (SSSR count). The maximum Gasteiger partial charge on any atom is 0.306 e. The summed E-state index contributed by atoms with van der Waals surface area (Å²) >= 11 is 0. The minimum absolute atomic E-state index is 0.0147. The first kappa shape index (κ1) is 12.4. The fourth-order valence-electron chi connectivity index (χ4n) is 2.98. The van der Waals surface area contributed by atoms with Gasteiger partial charge in [0, 0.05) is 12.5 Å². The fourth-order valence-corrected chi connectivity index (χ4v) is 2.98. The molecule has 3 unspecified atom stereocenters. The first-order valence-electron chi connectivity index (χ1n) is 6.27. The number of carbonyl (C=O) groups is 2. The molecule has 0 bridgehead atoms. The maximum absolute atomic E-state index is 12.2. The van der Waals surface area contributed by atoms with E-state index in [0.717, 1.165) is 12.8 Å². The van der Waals surface area contributed by atoms with Crippen LogP contribution in [0.2, 0.25) is 0 Å². The van der Waals surface area contributed by atoms with Crippen LogP contribution in [0, 0.1) is 11.8 Å². The Hall–Kier alpha value is -1.10. The summed E-state index contributed by atoms with van der Waals surface area (Å²) in [7, 11) is 0. The normalized spacial score (nSPS) is 33.0. The van der Waals surface area contributed by atoms with Gasteiger partial charge >= 0.3 is 5.97 Å². The van der Waals surface area contributed by atoms with Gasteiger partial charge in [0.1, 0.15) is 0 Å². The number of aliphatic hydroxyl groups excluding tert-OH is 1. The Labute approximate surface area is 100 Å². The smallest absolute Gasteiger partial charge is 0.306 e. The van der Waals surface area contributed by atoms with Crippen molar-refractivity contribution in [1.82, 2.24) is 4.90 Å². The van der Waals surface area contributed by atoms with Crippen LogP contribution >= 0.6 is 0 Å². The van der Waals surface area contributed by atoms with E-state index < -0.39 is 5.97 Å². The zero-order valence-corrected chi connectivity index (χ0v) is 9.84. The van der Waals surface area contributed by atoms with E-state index in [-0.39, 0.29) is 30.4 Å². The summed E-state index contributed by atoms with van der Waals surface area (Å²) in [5.41, 5.74) is 0. The molecule has 1 saturated heterocycles. The maximum atomic E-state index is 12.2. The number of hydrogen-bond donors (Lipinski definition) is 2. The van der Waals surface area contributed by atoms with Gasteiger partial charge in [-0.15, -0.1) is 0 Å². The van der Waals surface area contributed by atoms with Gasteiger partial charge in [-0.2, -0.15) is 0 Å². The number of carboxylic acid groups (broad SMARTS) is 1. The van der Waals surface area contributed by atoms with Gasteiger partial charge in [-0.05, 0) is 32.1 Å².